The maximum Gasteiger partial charge on any atom is 0.264 e. The van der Waals surface area contributed by atoms with Crippen LogP contribution in [0.4, 0.5) is 5.69 Å². The Kier molecular flexibility index (Phi) is 7.36. The lowest BCUT2D eigenvalue weighted by Crippen LogP contribution is -2.45. The fraction of sp³-hybridized carbons (Fsp3) is 0.294. The third kappa shape index (κ3) is 5.03. The van der Waals surface area contributed by atoms with E-state index in [1.165, 1.54) is 10.0 Å². The van der Waals surface area contributed by atoms with E-state index in [0.29, 0.717) is 5.69 Å². The van der Waals surface area contributed by atoms with Gasteiger partial charge in [0.05, 0.1) is 31.7 Å². The Labute approximate surface area is 260 Å². The standard InChI is InChI=1S/C34H32N6O5/c1-44-25-15-11-21(12-16-25)19-23-7-6-10-27-29(23)36-40(31(27)22-13-17-26(45-2)18-14-22)28(41)20-38-32-30(35-37-38)33(42)39(34(32)43)24-8-4-3-5-9-24/h3-5,8-9,11-19,27,30-32H,6-7,10,20H2,1-2H3/b23-19+/t27-,30+,31-,32+/m1/s1. The second-order valence-corrected chi connectivity index (χ2v) is 11.4. The number of hydrogen-bond donors (Lipinski definition) is 0. The van der Waals surface area contributed by atoms with Gasteiger partial charge in [0.15, 0.2) is 12.1 Å². The number of anilines is 1. The number of carbonyl (C=O) groups excluding carboxylic acids is 3. The van der Waals surface area contributed by atoms with Gasteiger partial charge in [-0.2, -0.15) is 10.2 Å². The zero-order chi connectivity index (χ0) is 31.1. The van der Waals surface area contributed by atoms with Crippen molar-refractivity contribution in [3.63, 3.8) is 0 Å². The number of para-hydroxylation sites is 1. The predicted octanol–water partition coefficient (Wildman–Crippen LogP) is 4.82. The maximum absolute atomic E-state index is 14.1. The monoisotopic (exact) mass is 604 g/mol. The van der Waals surface area contributed by atoms with Crippen LogP contribution in [0.2, 0.25) is 0 Å². The zero-order valence-electron chi connectivity index (χ0n) is 24.9. The van der Waals surface area contributed by atoms with Gasteiger partial charge < -0.3 is 9.47 Å². The van der Waals surface area contributed by atoms with Gasteiger partial charge in [0.2, 0.25) is 0 Å². The minimum atomic E-state index is -0.991. The fourth-order valence-corrected chi connectivity index (χ4v) is 6.64. The first-order valence-corrected chi connectivity index (χ1v) is 15.0. The fourth-order valence-electron chi connectivity index (χ4n) is 6.64. The van der Waals surface area contributed by atoms with E-state index in [2.05, 4.69) is 16.4 Å². The summed E-state index contributed by atoms with van der Waals surface area (Å²) in [7, 11) is 3.26. The number of imide groups is 1. The summed E-state index contributed by atoms with van der Waals surface area (Å²) in [5.74, 6) is 0.245. The Hall–Kier alpha value is -5.32. The average Bonchev–Trinajstić information content (AvgIpc) is 3.75. The number of methoxy groups -OCH3 is 2. The highest BCUT2D eigenvalue weighted by atomic mass is 16.5. The van der Waals surface area contributed by atoms with Crippen LogP contribution < -0.4 is 14.4 Å². The van der Waals surface area contributed by atoms with E-state index in [-0.39, 0.29) is 24.4 Å². The quantitative estimate of drug-likeness (QED) is 0.357. The second kappa shape index (κ2) is 11.6. The van der Waals surface area contributed by atoms with Crippen molar-refractivity contribution in [3.8, 4) is 11.5 Å². The predicted molar refractivity (Wildman–Crippen MR) is 166 cm³/mol. The summed E-state index contributed by atoms with van der Waals surface area (Å²) in [5, 5.41) is 16.0. The molecule has 0 radical (unpaired) electrons. The second-order valence-electron chi connectivity index (χ2n) is 11.4. The van der Waals surface area contributed by atoms with Crippen molar-refractivity contribution in [2.45, 2.75) is 37.4 Å². The van der Waals surface area contributed by atoms with Crippen LogP contribution in [0, 0.1) is 5.92 Å². The number of ether oxygens (including phenoxy) is 2. The van der Waals surface area contributed by atoms with E-state index < -0.39 is 23.9 Å². The van der Waals surface area contributed by atoms with Crippen LogP contribution in [0.1, 0.15) is 36.4 Å². The minimum absolute atomic E-state index is 0.0168. The molecular formula is C34H32N6O5. The Morgan fingerprint density at radius 1 is 0.889 bits per heavy atom. The van der Waals surface area contributed by atoms with Gasteiger partial charge in [-0.25, -0.2) is 9.91 Å². The van der Waals surface area contributed by atoms with Gasteiger partial charge in [-0.15, -0.1) is 0 Å². The van der Waals surface area contributed by atoms with Crippen LogP contribution in [-0.2, 0) is 14.4 Å². The van der Waals surface area contributed by atoms with Crippen molar-refractivity contribution in [1.82, 2.24) is 10.0 Å². The highest BCUT2D eigenvalue weighted by Gasteiger charge is 2.55. The molecule has 4 atom stereocenters. The summed E-state index contributed by atoms with van der Waals surface area (Å²) in [5.41, 5.74) is 4.39. The van der Waals surface area contributed by atoms with Crippen LogP contribution in [0.25, 0.3) is 6.08 Å². The summed E-state index contributed by atoms with van der Waals surface area (Å²) in [6, 6.07) is 21.9. The van der Waals surface area contributed by atoms with Gasteiger partial charge in [-0.05, 0) is 78.4 Å². The topological polar surface area (TPSA) is 116 Å². The number of fused-ring (bicyclic) bond motifs is 2. The van der Waals surface area contributed by atoms with E-state index in [1.54, 1.807) is 38.5 Å². The molecule has 1 saturated carbocycles. The Bertz CT molecular complexity index is 1720. The summed E-state index contributed by atoms with van der Waals surface area (Å²) >= 11 is 0. The van der Waals surface area contributed by atoms with E-state index >= 15 is 0 Å². The molecule has 1 saturated heterocycles. The molecule has 11 heteroatoms. The molecule has 1 aliphatic carbocycles. The lowest BCUT2D eigenvalue weighted by molar-refractivity contribution is -0.136. The largest absolute Gasteiger partial charge is 0.497 e. The third-order valence-electron chi connectivity index (χ3n) is 8.84. The number of carbonyl (C=O) groups is 3. The molecule has 0 aromatic heterocycles. The van der Waals surface area contributed by atoms with Gasteiger partial charge in [-0.1, -0.05) is 47.7 Å². The minimum Gasteiger partial charge on any atom is -0.497 e. The maximum atomic E-state index is 14.1. The smallest absolute Gasteiger partial charge is 0.264 e. The molecule has 4 aliphatic rings. The Morgan fingerprint density at radius 3 is 2.27 bits per heavy atom. The van der Waals surface area contributed by atoms with E-state index in [1.807, 2.05) is 54.6 Å². The van der Waals surface area contributed by atoms with Crippen LogP contribution in [0.15, 0.2) is 99.9 Å². The van der Waals surface area contributed by atoms with Crippen LogP contribution in [0.5, 0.6) is 11.5 Å². The van der Waals surface area contributed by atoms with Gasteiger partial charge >= 0.3 is 0 Å². The van der Waals surface area contributed by atoms with Gasteiger partial charge in [0.1, 0.15) is 18.0 Å². The normalized spacial score (nSPS) is 24.6. The lowest BCUT2D eigenvalue weighted by Gasteiger charge is -2.30. The van der Waals surface area contributed by atoms with Crippen LogP contribution >= 0.6 is 0 Å². The summed E-state index contributed by atoms with van der Waals surface area (Å²) < 4.78 is 10.7. The number of rotatable bonds is 7. The number of nitrogens with zero attached hydrogens (tertiary/aromatic N) is 6. The molecule has 0 unspecified atom stereocenters. The average molecular weight is 605 g/mol. The van der Waals surface area contributed by atoms with Crippen molar-refractivity contribution in [2.24, 2.45) is 21.4 Å². The molecule has 11 nitrogen and oxygen atoms in total. The molecular weight excluding hydrogens is 572 g/mol. The van der Waals surface area contributed by atoms with Crippen molar-refractivity contribution < 1.29 is 23.9 Å². The third-order valence-corrected chi connectivity index (χ3v) is 8.84. The molecule has 3 aromatic rings. The summed E-state index contributed by atoms with van der Waals surface area (Å²) in [6.45, 7) is -0.250. The van der Waals surface area contributed by atoms with Crippen molar-refractivity contribution in [1.29, 1.82) is 0 Å². The first-order chi connectivity index (χ1) is 22.0. The summed E-state index contributed by atoms with van der Waals surface area (Å²) in [6.07, 6.45) is 4.79. The number of hydrazone groups is 1. The molecule has 3 heterocycles. The zero-order valence-corrected chi connectivity index (χ0v) is 24.9. The number of hydrogen-bond acceptors (Lipinski definition) is 9. The number of benzene rings is 3. The molecule has 7 rings (SSSR count). The highest BCUT2D eigenvalue weighted by molar-refractivity contribution is 6.25. The molecule has 228 valence electrons. The van der Waals surface area contributed by atoms with E-state index in [4.69, 9.17) is 14.6 Å². The van der Waals surface area contributed by atoms with E-state index in [9.17, 15) is 14.4 Å². The molecule has 45 heavy (non-hydrogen) atoms. The number of allylic oxidation sites excluding steroid dienone is 1. The van der Waals surface area contributed by atoms with Gasteiger partial charge in [0.25, 0.3) is 17.7 Å². The lowest BCUT2D eigenvalue weighted by atomic mass is 9.77. The van der Waals surface area contributed by atoms with Crippen molar-refractivity contribution >= 4 is 35.2 Å². The van der Waals surface area contributed by atoms with Crippen LogP contribution in [-0.4, -0.2) is 66.3 Å². The van der Waals surface area contributed by atoms with Gasteiger partial charge in [0, 0.05) is 5.92 Å². The first kappa shape index (κ1) is 28.5. The molecule has 3 aliphatic heterocycles. The van der Waals surface area contributed by atoms with E-state index in [0.717, 1.165) is 58.1 Å². The Morgan fingerprint density at radius 2 is 1.58 bits per heavy atom. The van der Waals surface area contributed by atoms with Gasteiger partial charge in [-0.3, -0.25) is 19.4 Å². The molecule has 2 fully saturated rings. The van der Waals surface area contributed by atoms with Crippen molar-refractivity contribution in [2.75, 3.05) is 25.7 Å². The highest BCUT2D eigenvalue weighted by Crippen LogP contribution is 2.45. The molecule has 3 amide bonds. The first-order valence-electron chi connectivity index (χ1n) is 15.0. The molecule has 0 bridgehead atoms. The molecule has 3 aromatic carbocycles. The van der Waals surface area contributed by atoms with Crippen molar-refractivity contribution in [3.05, 3.63) is 95.6 Å². The summed E-state index contributed by atoms with van der Waals surface area (Å²) in [4.78, 5) is 41.9. The number of amides is 3. The molecule has 0 N–H and O–H groups in total. The Balaban J connectivity index is 1.19. The van der Waals surface area contributed by atoms with Crippen LogP contribution in [0.3, 0.4) is 0 Å². The molecule has 0 spiro atoms. The SMILES string of the molecule is COc1ccc(/C=C2\CCC[C@@H]3C2=NN(C(=O)CN2N=N[C@@H]4C(=O)N(c5ccccc5)C(=O)[C@H]42)[C@@H]3c2ccc(OC)cc2)cc1.